The van der Waals surface area contributed by atoms with Crippen molar-refractivity contribution in [3.63, 3.8) is 0 Å². The van der Waals surface area contributed by atoms with E-state index in [-0.39, 0.29) is 11.8 Å². The lowest BCUT2D eigenvalue weighted by Crippen LogP contribution is -2.50. The third-order valence-electron chi connectivity index (χ3n) is 5.74. The molecular weight excluding hydrogens is 358 g/mol. The van der Waals surface area contributed by atoms with Gasteiger partial charge in [-0.1, -0.05) is 0 Å². The van der Waals surface area contributed by atoms with E-state index in [1.54, 1.807) is 37.3 Å². The SMILES string of the molecule is COc1cc(OC)cc(C(=O)N2CCN(C(=O)CCC3CCNCC3)CC2)c1. The topological polar surface area (TPSA) is 71.1 Å². The highest BCUT2D eigenvalue weighted by Crippen LogP contribution is 2.24. The predicted molar refractivity (Wildman–Crippen MR) is 107 cm³/mol. The summed E-state index contributed by atoms with van der Waals surface area (Å²) in [7, 11) is 3.13. The highest BCUT2D eigenvalue weighted by Gasteiger charge is 2.26. The van der Waals surface area contributed by atoms with E-state index in [0.717, 1.165) is 19.5 Å². The summed E-state index contributed by atoms with van der Waals surface area (Å²) >= 11 is 0. The van der Waals surface area contributed by atoms with E-state index in [1.807, 2.05) is 4.90 Å². The average Bonchev–Trinajstić information content (AvgIpc) is 2.77. The molecule has 0 radical (unpaired) electrons. The van der Waals surface area contributed by atoms with E-state index in [1.165, 1.54) is 12.8 Å². The quantitative estimate of drug-likeness (QED) is 0.803. The zero-order valence-corrected chi connectivity index (χ0v) is 16.9. The predicted octanol–water partition coefficient (Wildman–Crippen LogP) is 1.77. The summed E-state index contributed by atoms with van der Waals surface area (Å²) in [5.41, 5.74) is 0.543. The second-order valence-electron chi connectivity index (χ2n) is 7.51. The molecule has 154 valence electrons. The van der Waals surface area contributed by atoms with Gasteiger partial charge in [-0.05, 0) is 50.4 Å². The van der Waals surface area contributed by atoms with E-state index in [0.29, 0.717) is 55.6 Å². The lowest BCUT2D eigenvalue weighted by Gasteiger charge is -2.35. The molecule has 28 heavy (non-hydrogen) atoms. The maximum absolute atomic E-state index is 12.9. The van der Waals surface area contributed by atoms with E-state index in [2.05, 4.69) is 5.32 Å². The molecule has 7 nitrogen and oxygen atoms in total. The van der Waals surface area contributed by atoms with Crippen molar-refractivity contribution in [2.45, 2.75) is 25.7 Å². The molecule has 2 amide bonds. The van der Waals surface area contributed by atoms with Crippen molar-refractivity contribution in [2.75, 3.05) is 53.5 Å². The van der Waals surface area contributed by atoms with Crippen LogP contribution in [0.3, 0.4) is 0 Å². The number of piperidine rings is 1. The molecule has 2 aliphatic heterocycles. The summed E-state index contributed by atoms with van der Waals surface area (Å²) in [4.78, 5) is 29.1. The molecule has 2 fully saturated rings. The van der Waals surface area contributed by atoms with Crippen LogP contribution in [-0.4, -0.2) is 75.1 Å². The standard InChI is InChI=1S/C21H31N3O4/c1-27-18-13-17(14-19(15-18)28-2)21(26)24-11-9-23(10-12-24)20(25)4-3-16-5-7-22-8-6-16/h13-16,22H,3-12H2,1-2H3. The van der Waals surface area contributed by atoms with Crippen LogP contribution in [0.4, 0.5) is 0 Å². The van der Waals surface area contributed by atoms with Crippen molar-refractivity contribution in [3.8, 4) is 11.5 Å². The van der Waals surface area contributed by atoms with Crippen LogP contribution in [0, 0.1) is 5.92 Å². The molecule has 0 bridgehead atoms. The number of benzene rings is 1. The molecule has 1 N–H and O–H groups in total. The molecule has 2 heterocycles. The van der Waals surface area contributed by atoms with Gasteiger partial charge < -0.3 is 24.6 Å². The lowest BCUT2D eigenvalue weighted by molar-refractivity contribution is -0.133. The Balaban J connectivity index is 1.50. The van der Waals surface area contributed by atoms with Gasteiger partial charge in [0.15, 0.2) is 0 Å². The van der Waals surface area contributed by atoms with E-state index in [4.69, 9.17) is 9.47 Å². The van der Waals surface area contributed by atoms with Crippen LogP contribution in [0.2, 0.25) is 0 Å². The van der Waals surface area contributed by atoms with Gasteiger partial charge in [0.2, 0.25) is 5.91 Å². The fourth-order valence-electron chi connectivity index (χ4n) is 3.93. The summed E-state index contributed by atoms with van der Waals surface area (Å²) < 4.78 is 10.5. The van der Waals surface area contributed by atoms with Crippen LogP contribution in [-0.2, 0) is 4.79 Å². The number of carbonyl (C=O) groups is 2. The van der Waals surface area contributed by atoms with Gasteiger partial charge >= 0.3 is 0 Å². The van der Waals surface area contributed by atoms with Gasteiger partial charge in [-0.3, -0.25) is 9.59 Å². The van der Waals surface area contributed by atoms with Crippen LogP contribution in [0.15, 0.2) is 18.2 Å². The number of carbonyl (C=O) groups excluding carboxylic acids is 2. The Hall–Kier alpha value is -2.28. The number of nitrogens with one attached hydrogen (secondary N) is 1. The Morgan fingerprint density at radius 2 is 1.54 bits per heavy atom. The van der Waals surface area contributed by atoms with Crippen molar-refractivity contribution in [1.82, 2.24) is 15.1 Å². The van der Waals surface area contributed by atoms with E-state index >= 15 is 0 Å². The fraction of sp³-hybridized carbons (Fsp3) is 0.619. The zero-order chi connectivity index (χ0) is 19.9. The molecule has 0 aromatic heterocycles. The monoisotopic (exact) mass is 389 g/mol. The Labute approximate surface area is 167 Å². The summed E-state index contributed by atoms with van der Waals surface area (Å²) in [6.45, 7) is 4.42. The molecule has 0 atom stereocenters. The largest absolute Gasteiger partial charge is 0.497 e. The molecule has 1 aromatic rings. The van der Waals surface area contributed by atoms with Crippen LogP contribution in [0.25, 0.3) is 0 Å². The number of piperazine rings is 1. The summed E-state index contributed by atoms with van der Waals surface area (Å²) in [6, 6.07) is 5.19. The Bertz CT molecular complexity index is 658. The second kappa shape index (κ2) is 9.78. The Kier molecular flexibility index (Phi) is 7.14. The molecule has 2 saturated heterocycles. The van der Waals surface area contributed by atoms with Gasteiger partial charge in [0, 0.05) is 44.2 Å². The van der Waals surface area contributed by atoms with Crippen molar-refractivity contribution < 1.29 is 19.1 Å². The molecule has 2 aliphatic rings. The van der Waals surface area contributed by atoms with Crippen LogP contribution >= 0.6 is 0 Å². The fourth-order valence-corrected chi connectivity index (χ4v) is 3.93. The van der Waals surface area contributed by atoms with Crippen LogP contribution in [0.1, 0.15) is 36.0 Å². The van der Waals surface area contributed by atoms with E-state index in [9.17, 15) is 9.59 Å². The summed E-state index contributed by atoms with van der Waals surface area (Å²) in [5, 5.41) is 3.36. The first-order chi connectivity index (χ1) is 13.6. The molecule has 0 spiro atoms. The molecule has 0 aliphatic carbocycles. The maximum Gasteiger partial charge on any atom is 0.254 e. The van der Waals surface area contributed by atoms with Crippen LogP contribution in [0.5, 0.6) is 11.5 Å². The minimum absolute atomic E-state index is 0.0565. The van der Waals surface area contributed by atoms with Crippen molar-refractivity contribution in [3.05, 3.63) is 23.8 Å². The smallest absolute Gasteiger partial charge is 0.254 e. The number of rotatable bonds is 6. The molecule has 0 unspecified atom stereocenters. The Morgan fingerprint density at radius 3 is 2.11 bits per heavy atom. The van der Waals surface area contributed by atoms with Crippen molar-refractivity contribution in [1.29, 1.82) is 0 Å². The highest BCUT2D eigenvalue weighted by molar-refractivity contribution is 5.95. The third kappa shape index (κ3) is 5.16. The molecular formula is C21H31N3O4. The zero-order valence-electron chi connectivity index (χ0n) is 16.9. The van der Waals surface area contributed by atoms with Crippen LogP contribution < -0.4 is 14.8 Å². The minimum atomic E-state index is -0.0565. The molecule has 3 rings (SSSR count). The molecule has 1 aromatic carbocycles. The first-order valence-electron chi connectivity index (χ1n) is 10.1. The van der Waals surface area contributed by atoms with Gasteiger partial charge in [-0.2, -0.15) is 0 Å². The lowest BCUT2D eigenvalue weighted by atomic mass is 9.93. The first kappa shape index (κ1) is 20.5. The highest BCUT2D eigenvalue weighted by atomic mass is 16.5. The third-order valence-corrected chi connectivity index (χ3v) is 5.74. The second-order valence-corrected chi connectivity index (χ2v) is 7.51. The van der Waals surface area contributed by atoms with Gasteiger partial charge in [0.25, 0.3) is 5.91 Å². The number of amides is 2. The maximum atomic E-state index is 12.9. The number of hydrogen-bond acceptors (Lipinski definition) is 5. The number of methoxy groups -OCH3 is 2. The summed E-state index contributed by atoms with van der Waals surface area (Å²) in [5.74, 6) is 2.01. The number of ether oxygens (including phenoxy) is 2. The first-order valence-corrected chi connectivity index (χ1v) is 10.1. The van der Waals surface area contributed by atoms with Gasteiger partial charge in [0.1, 0.15) is 11.5 Å². The molecule has 7 heteroatoms. The normalized spacial score (nSPS) is 18.1. The van der Waals surface area contributed by atoms with Gasteiger partial charge in [-0.15, -0.1) is 0 Å². The average molecular weight is 389 g/mol. The molecule has 0 saturated carbocycles. The van der Waals surface area contributed by atoms with Crippen molar-refractivity contribution >= 4 is 11.8 Å². The van der Waals surface area contributed by atoms with Crippen molar-refractivity contribution in [2.24, 2.45) is 5.92 Å². The van der Waals surface area contributed by atoms with Gasteiger partial charge in [0.05, 0.1) is 14.2 Å². The summed E-state index contributed by atoms with van der Waals surface area (Å²) in [6.07, 6.45) is 3.92. The van der Waals surface area contributed by atoms with Gasteiger partial charge in [-0.25, -0.2) is 0 Å². The van der Waals surface area contributed by atoms with E-state index < -0.39 is 0 Å². The minimum Gasteiger partial charge on any atom is -0.497 e. The number of nitrogens with zero attached hydrogens (tertiary/aromatic N) is 2. The number of hydrogen-bond donors (Lipinski definition) is 1. The Morgan fingerprint density at radius 1 is 0.964 bits per heavy atom.